The molecule has 1 aromatic heterocycles. The zero-order chi connectivity index (χ0) is 22.1. The highest BCUT2D eigenvalue weighted by atomic mass is 32.1. The van der Waals surface area contributed by atoms with Crippen LogP contribution in [0.1, 0.15) is 11.1 Å². The summed E-state index contributed by atoms with van der Waals surface area (Å²) in [5.41, 5.74) is 3.66. The Balaban J connectivity index is 1.58. The highest BCUT2D eigenvalue weighted by molar-refractivity contribution is 7.80. The normalized spacial score (nSPS) is 15.4. The Bertz CT molecular complexity index is 1370. The highest BCUT2D eigenvalue weighted by Crippen LogP contribution is 2.27. The van der Waals surface area contributed by atoms with Gasteiger partial charge < -0.3 is 4.57 Å². The van der Waals surface area contributed by atoms with Gasteiger partial charge in [-0.15, -0.1) is 0 Å². The Morgan fingerprint density at radius 2 is 1.50 bits per heavy atom. The van der Waals surface area contributed by atoms with E-state index in [2.05, 4.69) is 22.0 Å². The number of nitrogens with one attached hydrogen (secondary N) is 1. The first kappa shape index (κ1) is 19.9. The first-order chi connectivity index (χ1) is 15.6. The van der Waals surface area contributed by atoms with Gasteiger partial charge in [-0.05, 0) is 42.1 Å². The molecule has 1 fully saturated rings. The van der Waals surface area contributed by atoms with Crippen molar-refractivity contribution in [3.8, 4) is 0 Å². The summed E-state index contributed by atoms with van der Waals surface area (Å²) in [5.74, 6) is -0.933. The molecule has 0 unspecified atom stereocenters. The minimum Gasteiger partial charge on any atom is -0.342 e. The Kier molecular flexibility index (Phi) is 5.13. The average molecular weight is 438 g/mol. The van der Waals surface area contributed by atoms with Crippen LogP contribution in [0, 0.1) is 0 Å². The molecular weight excluding hydrogens is 418 g/mol. The number of nitrogens with zero attached hydrogens (tertiary/aromatic N) is 2. The topological polar surface area (TPSA) is 54.3 Å². The quantitative estimate of drug-likeness (QED) is 0.290. The minimum absolute atomic E-state index is 0.0464. The number of hydrogen-bond acceptors (Lipinski definition) is 3. The number of rotatable bonds is 4. The molecule has 5 nitrogen and oxygen atoms in total. The molecule has 1 saturated heterocycles. The van der Waals surface area contributed by atoms with Crippen LogP contribution in [-0.2, 0) is 16.1 Å². The average Bonchev–Trinajstić information content (AvgIpc) is 3.15. The van der Waals surface area contributed by atoms with E-state index in [1.54, 1.807) is 18.2 Å². The maximum Gasteiger partial charge on any atom is 0.270 e. The summed E-state index contributed by atoms with van der Waals surface area (Å²) in [6, 6.07) is 27.2. The van der Waals surface area contributed by atoms with E-state index >= 15 is 0 Å². The molecule has 3 aromatic carbocycles. The number of amides is 2. The third-order valence-electron chi connectivity index (χ3n) is 5.43. The Morgan fingerprint density at radius 3 is 2.25 bits per heavy atom. The van der Waals surface area contributed by atoms with Crippen molar-refractivity contribution in [2.45, 2.75) is 6.54 Å². The predicted molar refractivity (Wildman–Crippen MR) is 130 cm³/mol. The van der Waals surface area contributed by atoms with E-state index in [1.165, 1.54) is 10.5 Å². The fourth-order valence-electron chi connectivity index (χ4n) is 3.93. The molecule has 32 heavy (non-hydrogen) atoms. The molecule has 0 saturated carbocycles. The van der Waals surface area contributed by atoms with Gasteiger partial charge in [0.2, 0.25) is 0 Å². The molecule has 1 N–H and O–H groups in total. The lowest BCUT2D eigenvalue weighted by molar-refractivity contribution is -0.122. The van der Waals surface area contributed by atoms with Crippen LogP contribution >= 0.6 is 12.2 Å². The molecule has 2 amide bonds. The van der Waals surface area contributed by atoms with Crippen molar-refractivity contribution in [1.29, 1.82) is 0 Å². The van der Waals surface area contributed by atoms with E-state index in [0.29, 0.717) is 12.2 Å². The van der Waals surface area contributed by atoms with E-state index in [-0.39, 0.29) is 10.7 Å². The summed E-state index contributed by atoms with van der Waals surface area (Å²) in [5, 5.41) is 3.69. The van der Waals surface area contributed by atoms with Crippen LogP contribution in [-0.4, -0.2) is 21.5 Å². The minimum atomic E-state index is -0.493. The molecule has 156 valence electrons. The molecule has 4 aromatic rings. The van der Waals surface area contributed by atoms with Crippen molar-refractivity contribution in [2.24, 2.45) is 0 Å². The molecule has 0 bridgehead atoms. The fourth-order valence-corrected chi connectivity index (χ4v) is 4.21. The first-order valence-electron chi connectivity index (χ1n) is 10.2. The van der Waals surface area contributed by atoms with Gasteiger partial charge in [-0.1, -0.05) is 66.7 Å². The molecule has 5 rings (SSSR count). The van der Waals surface area contributed by atoms with Crippen molar-refractivity contribution in [1.82, 2.24) is 9.88 Å². The summed E-state index contributed by atoms with van der Waals surface area (Å²) in [6.45, 7) is 0.685. The summed E-state index contributed by atoms with van der Waals surface area (Å²) in [4.78, 5) is 27.3. The smallest absolute Gasteiger partial charge is 0.270 e. The summed E-state index contributed by atoms with van der Waals surface area (Å²) in [7, 11) is 0. The number of fused-ring (bicyclic) bond motifs is 1. The van der Waals surface area contributed by atoms with Crippen LogP contribution in [0.2, 0.25) is 0 Å². The maximum atomic E-state index is 13.3. The van der Waals surface area contributed by atoms with Gasteiger partial charge in [0.25, 0.3) is 11.8 Å². The maximum absolute atomic E-state index is 13.3. The Morgan fingerprint density at radius 1 is 0.844 bits per heavy atom. The van der Waals surface area contributed by atoms with Gasteiger partial charge >= 0.3 is 0 Å². The van der Waals surface area contributed by atoms with Crippen LogP contribution in [0.3, 0.4) is 0 Å². The van der Waals surface area contributed by atoms with E-state index in [4.69, 9.17) is 12.2 Å². The van der Waals surface area contributed by atoms with Gasteiger partial charge in [-0.3, -0.25) is 19.8 Å². The van der Waals surface area contributed by atoms with Crippen molar-refractivity contribution in [3.05, 3.63) is 108 Å². The SMILES string of the molecule is O=C1NC(=S)N(c2ccccc2)C(=O)/C1=C\c1cn(Cc2ccccc2)c2ccccc12. The summed E-state index contributed by atoms with van der Waals surface area (Å²) >= 11 is 5.28. The number of benzene rings is 3. The molecule has 6 heteroatoms. The summed E-state index contributed by atoms with van der Waals surface area (Å²) in [6.07, 6.45) is 3.63. The van der Waals surface area contributed by atoms with Crippen LogP contribution < -0.4 is 10.2 Å². The van der Waals surface area contributed by atoms with Crippen molar-refractivity contribution < 1.29 is 9.59 Å². The highest BCUT2D eigenvalue weighted by Gasteiger charge is 2.34. The number of aromatic nitrogens is 1. The van der Waals surface area contributed by atoms with Gasteiger partial charge in [-0.25, -0.2) is 0 Å². The Hall–Kier alpha value is -4.03. The lowest BCUT2D eigenvalue weighted by atomic mass is 10.1. The molecule has 0 aliphatic carbocycles. The standard InChI is InChI=1S/C26H19N3O2S/c30-24-22(25(31)29(26(32)27-24)20-11-5-2-6-12-20)15-19-17-28(16-18-9-3-1-4-10-18)23-14-8-7-13-21(19)23/h1-15,17H,16H2,(H,27,30,32)/b22-15-. The second kappa shape index (κ2) is 8.24. The van der Waals surface area contributed by atoms with E-state index in [9.17, 15) is 9.59 Å². The number of hydrogen-bond donors (Lipinski definition) is 1. The first-order valence-corrected chi connectivity index (χ1v) is 10.6. The molecule has 0 radical (unpaired) electrons. The van der Waals surface area contributed by atoms with Crippen LogP contribution in [0.4, 0.5) is 5.69 Å². The van der Waals surface area contributed by atoms with Crippen LogP contribution in [0.5, 0.6) is 0 Å². The van der Waals surface area contributed by atoms with Gasteiger partial charge in [0, 0.05) is 29.2 Å². The number of carbonyl (C=O) groups excluding carboxylic acids is 2. The second-order valence-electron chi connectivity index (χ2n) is 7.51. The van der Waals surface area contributed by atoms with Crippen molar-refractivity contribution in [3.63, 3.8) is 0 Å². The molecule has 0 atom stereocenters. The van der Waals surface area contributed by atoms with E-state index in [1.807, 2.05) is 66.9 Å². The molecule has 2 heterocycles. The fraction of sp³-hybridized carbons (Fsp3) is 0.0385. The zero-order valence-corrected chi connectivity index (χ0v) is 17.9. The lowest BCUT2D eigenvalue weighted by Crippen LogP contribution is -2.54. The number of thiocarbonyl (C=S) groups is 1. The van der Waals surface area contributed by atoms with Crippen LogP contribution in [0.25, 0.3) is 17.0 Å². The summed E-state index contributed by atoms with van der Waals surface area (Å²) < 4.78 is 2.13. The second-order valence-corrected chi connectivity index (χ2v) is 7.90. The molecular formula is C26H19N3O2S. The largest absolute Gasteiger partial charge is 0.342 e. The van der Waals surface area contributed by atoms with Crippen molar-refractivity contribution >= 4 is 51.8 Å². The third kappa shape index (κ3) is 3.61. The lowest BCUT2D eigenvalue weighted by Gasteiger charge is -2.28. The molecule has 0 spiro atoms. The van der Waals surface area contributed by atoms with Crippen LogP contribution in [0.15, 0.2) is 96.7 Å². The number of para-hydroxylation sites is 2. The van der Waals surface area contributed by atoms with Gasteiger partial charge in [0.15, 0.2) is 5.11 Å². The van der Waals surface area contributed by atoms with Gasteiger partial charge in [0.1, 0.15) is 5.57 Å². The number of anilines is 1. The predicted octanol–water partition coefficient (Wildman–Crippen LogP) is 4.52. The van der Waals surface area contributed by atoms with E-state index in [0.717, 1.165) is 16.5 Å². The molecule has 1 aliphatic heterocycles. The molecule has 1 aliphatic rings. The van der Waals surface area contributed by atoms with Gasteiger partial charge in [0.05, 0.1) is 5.69 Å². The third-order valence-corrected chi connectivity index (χ3v) is 5.72. The van der Waals surface area contributed by atoms with E-state index < -0.39 is 11.8 Å². The van der Waals surface area contributed by atoms with Gasteiger partial charge in [-0.2, -0.15) is 0 Å². The number of carbonyl (C=O) groups is 2. The zero-order valence-electron chi connectivity index (χ0n) is 17.1. The monoisotopic (exact) mass is 437 g/mol. The van der Waals surface area contributed by atoms with Crippen molar-refractivity contribution in [2.75, 3.05) is 4.90 Å². The Labute approximate surface area is 190 Å².